The lowest BCUT2D eigenvalue weighted by molar-refractivity contribution is -0.118. The van der Waals surface area contributed by atoms with Crippen LogP contribution >= 0.6 is 0 Å². The third-order valence-electron chi connectivity index (χ3n) is 2.85. The van der Waals surface area contributed by atoms with Crippen molar-refractivity contribution in [1.29, 1.82) is 0 Å². The summed E-state index contributed by atoms with van der Waals surface area (Å²) in [6.07, 6.45) is 2.16. The number of anilines is 1. The lowest BCUT2D eigenvalue weighted by Crippen LogP contribution is -2.37. The SMILES string of the molecule is NC1(C(=O)Nc2ccc(CCO)cc2)CC1. The number of carbonyl (C=O) groups is 1. The lowest BCUT2D eigenvalue weighted by Gasteiger charge is -2.10. The summed E-state index contributed by atoms with van der Waals surface area (Å²) < 4.78 is 0. The summed E-state index contributed by atoms with van der Waals surface area (Å²) in [6, 6.07) is 7.44. The van der Waals surface area contributed by atoms with Gasteiger partial charge in [-0.2, -0.15) is 0 Å². The second kappa shape index (κ2) is 4.23. The molecule has 0 spiro atoms. The number of carbonyl (C=O) groups excluding carboxylic acids is 1. The van der Waals surface area contributed by atoms with Crippen LogP contribution in [0, 0.1) is 0 Å². The fraction of sp³-hybridized carbons (Fsp3) is 0.417. The minimum absolute atomic E-state index is 0.109. The molecule has 0 radical (unpaired) electrons. The predicted octanol–water partition coefficient (Wildman–Crippen LogP) is 0.651. The molecule has 4 heteroatoms. The first kappa shape index (κ1) is 11.1. The second-order valence-electron chi connectivity index (χ2n) is 4.28. The summed E-state index contributed by atoms with van der Waals surface area (Å²) in [5.74, 6) is -0.109. The molecule has 0 aromatic heterocycles. The van der Waals surface area contributed by atoms with E-state index in [1.165, 1.54) is 0 Å². The van der Waals surface area contributed by atoms with E-state index in [9.17, 15) is 4.79 Å². The predicted molar refractivity (Wildman–Crippen MR) is 62.0 cm³/mol. The number of hydrogen-bond acceptors (Lipinski definition) is 3. The molecule has 1 aliphatic rings. The molecule has 1 aromatic carbocycles. The van der Waals surface area contributed by atoms with E-state index in [1.807, 2.05) is 24.3 Å². The summed E-state index contributed by atoms with van der Waals surface area (Å²) in [6.45, 7) is 0.137. The first-order valence-electron chi connectivity index (χ1n) is 5.44. The summed E-state index contributed by atoms with van der Waals surface area (Å²) in [5, 5.41) is 11.6. The van der Waals surface area contributed by atoms with E-state index in [4.69, 9.17) is 10.8 Å². The highest BCUT2D eigenvalue weighted by atomic mass is 16.2. The average molecular weight is 220 g/mol. The van der Waals surface area contributed by atoms with Gasteiger partial charge in [0.15, 0.2) is 0 Å². The van der Waals surface area contributed by atoms with Crippen molar-refractivity contribution in [2.24, 2.45) is 5.73 Å². The van der Waals surface area contributed by atoms with Gasteiger partial charge in [0.25, 0.3) is 0 Å². The highest BCUT2D eigenvalue weighted by molar-refractivity contribution is 6.00. The van der Waals surface area contributed by atoms with Gasteiger partial charge in [0, 0.05) is 12.3 Å². The van der Waals surface area contributed by atoms with Gasteiger partial charge < -0.3 is 16.2 Å². The number of benzene rings is 1. The van der Waals surface area contributed by atoms with Crippen molar-refractivity contribution >= 4 is 11.6 Å². The van der Waals surface area contributed by atoms with Crippen LogP contribution in [0.3, 0.4) is 0 Å². The Morgan fingerprint density at radius 1 is 1.38 bits per heavy atom. The summed E-state index contributed by atoms with van der Waals surface area (Å²) >= 11 is 0. The third-order valence-corrected chi connectivity index (χ3v) is 2.85. The van der Waals surface area contributed by atoms with Crippen molar-refractivity contribution in [3.05, 3.63) is 29.8 Å². The van der Waals surface area contributed by atoms with E-state index in [2.05, 4.69) is 5.32 Å². The monoisotopic (exact) mass is 220 g/mol. The molecule has 1 saturated carbocycles. The van der Waals surface area contributed by atoms with Gasteiger partial charge in [-0.3, -0.25) is 4.79 Å². The highest BCUT2D eigenvalue weighted by Gasteiger charge is 2.45. The highest BCUT2D eigenvalue weighted by Crippen LogP contribution is 2.33. The third kappa shape index (κ3) is 2.40. The molecule has 1 amide bonds. The van der Waals surface area contributed by atoms with Gasteiger partial charge >= 0.3 is 0 Å². The Kier molecular flexibility index (Phi) is 2.94. The Morgan fingerprint density at radius 3 is 2.50 bits per heavy atom. The topological polar surface area (TPSA) is 75.4 Å². The van der Waals surface area contributed by atoms with Crippen molar-refractivity contribution < 1.29 is 9.90 Å². The molecule has 86 valence electrons. The van der Waals surface area contributed by atoms with Crippen LogP contribution in [0.2, 0.25) is 0 Å². The Balaban J connectivity index is 1.97. The summed E-state index contributed by atoms with van der Waals surface area (Å²) in [4.78, 5) is 11.6. The smallest absolute Gasteiger partial charge is 0.244 e. The molecule has 0 aliphatic heterocycles. The minimum atomic E-state index is -0.635. The zero-order valence-corrected chi connectivity index (χ0v) is 9.07. The summed E-state index contributed by atoms with van der Waals surface area (Å²) in [5.41, 5.74) is 6.94. The van der Waals surface area contributed by atoms with E-state index in [1.54, 1.807) is 0 Å². The van der Waals surface area contributed by atoms with Crippen LogP contribution in [0.25, 0.3) is 0 Å². The Morgan fingerprint density at radius 2 is 2.00 bits per heavy atom. The maximum atomic E-state index is 11.6. The van der Waals surface area contributed by atoms with Crippen LogP contribution in [0.1, 0.15) is 18.4 Å². The van der Waals surface area contributed by atoms with Crippen molar-refractivity contribution in [2.75, 3.05) is 11.9 Å². The van der Waals surface area contributed by atoms with E-state index >= 15 is 0 Å². The number of hydrogen-bond donors (Lipinski definition) is 3. The van der Waals surface area contributed by atoms with Gasteiger partial charge in [-0.1, -0.05) is 12.1 Å². The van der Waals surface area contributed by atoms with Crippen LogP contribution in [0.4, 0.5) is 5.69 Å². The zero-order valence-electron chi connectivity index (χ0n) is 9.07. The molecule has 0 heterocycles. The van der Waals surface area contributed by atoms with Gasteiger partial charge in [-0.05, 0) is 37.0 Å². The fourth-order valence-corrected chi connectivity index (χ4v) is 1.50. The fourth-order valence-electron chi connectivity index (χ4n) is 1.50. The normalized spacial score (nSPS) is 16.9. The van der Waals surface area contributed by atoms with E-state index in [-0.39, 0.29) is 12.5 Å². The van der Waals surface area contributed by atoms with Crippen LogP contribution in [-0.4, -0.2) is 23.2 Å². The number of nitrogens with one attached hydrogen (secondary N) is 1. The molecule has 2 rings (SSSR count). The van der Waals surface area contributed by atoms with Crippen LogP contribution < -0.4 is 11.1 Å². The molecule has 1 aromatic rings. The Hall–Kier alpha value is -1.39. The van der Waals surface area contributed by atoms with Crippen LogP contribution in [0.5, 0.6) is 0 Å². The zero-order chi connectivity index (χ0) is 11.6. The molecule has 4 nitrogen and oxygen atoms in total. The molecule has 1 aliphatic carbocycles. The number of amides is 1. The Bertz CT molecular complexity index is 383. The van der Waals surface area contributed by atoms with Gasteiger partial charge in [-0.25, -0.2) is 0 Å². The van der Waals surface area contributed by atoms with Gasteiger partial charge in [-0.15, -0.1) is 0 Å². The molecule has 16 heavy (non-hydrogen) atoms. The van der Waals surface area contributed by atoms with Crippen LogP contribution in [-0.2, 0) is 11.2 Å². The largest absolute Gasteiger partial charge is 0.396 e. The molecule has 0 bridgehead atoms. The van der Waals surface area contributed by atoms with E-state index in [0.29, 0.717) is 6.42 Å². The maximum absolute atomic E-state index is 11.6. The van der Waals surface area contributed by atoms with Crippen molar-refractivity contribution in [1.82, 2.24) is 0 Å². The number of aliphatic hydroxyl groups is 1. The number of rotatable bonds is 4. The summed E-state index contributed by atoms with van der Waals surface area (Å²) in [7, 11) is 0. The van der Waals surface area contributed by atoms with E-state index < -0.39 is 5.54 Å². The van der Waals surface area contributed by atoms with Crippen molar-refractivity contribution in [3.8, 4) is 0 Å². The maximum Gasteiger partial charge on any atom is 0.244 e. The van der Waals surface area contributed by atoms with E-state index in [0.717, 1.165) is 24.1 Å². The quantitative estimate of drug-likeness (QED) is 0.697. The molecular formula is C12H16N2O2. The Labute approximate surface area is 94.5 Å². The number of nitrogens with two attached hydrogens (primary N) is 1. The lowest BCUT2D eigenvalue weighted by atomic mass is 10.1. The van der Waals surface area contributed by atoms with Gasteiger partial charge in [0.05, 0.1) is 5.54 Å². The average Bonchev–Trinajstić information content (AvgIpc) is 3.01. The number of aliphatic hydroxyl groups excluding tert-OH is 1. The minimum Gasteiger partial charge on any atom is -0.396 e. The van der Waals surface area contributed by atoms with Crippen molar-refractivity contribution in [2.45, 2.75) is 24.8 Å². The molecule has 4 N–H and O–H groups in total. The van der Waals surface area contributed by atoms with Gasteiger partial charge in [0.1, 0.15) is 0 Å². The second-order valence-corrected chi connectivity index (χ2v) is 4.28. The first-order valence-corrected chi connectivity index (χ1v) is 5.44. The van der Waals surface area contributed by atoms with Crippen molar-refractivity contribution in [3.63, 3.8) is 0 Å². The molecular weight excluding hydrogens is 204 g/mol. The van der Waals surface area contributed by atoms with Crippen LogP contribution in [0.15, 0.2) is 24.3 Å². The first-order chi connectivity index (χ1) is 7.64. The molecule has 0 saturated heterocycles. The molecule has 0 atom stereocenters. The standard InChI is InChI=1S/C12H16N2O2/c13-12(6-7-12)11(16)14-10-3-1-9(2-4-10)5-8-15/h1-4,15H,5-8,13H2,(H,14,16). The molecule has 0 unspecified atom stereocenters. The molecule has 1 fully saturated rings. The van der Waals surface area contributed by atoms with Gasteiger partial charge in [0.2, 0.25) is 5.91 Å².